The first-order chi connectivity index (χ1) is 13.0. The van der Waals surface area contributed by atoms with Crippen molar-refractivity contribution in [2.24, 2.45) is 0 Å². The number of halogens is 2. The second kappa shape index (κ2) is 7.70. The van der Waals surface area contributed by atoms with E-state index >= 15 is 0 Å². The van der Waals surface area contributed by atoms with Crippen molar-refractivity contribution in [1.29, 1.82) is 0 Å². The summed E-state index contributed by atoms with van der Waals surface area (Å²) in [6.45, 7) is 0.932. The van der Waals surface area contributed by atoms with Gasteiger partial charge in [0.2, 0.25) is 0 Å². The molecule has 0 saturated heterocycles. The third-order valence-corrected chi connectivity index (χ3v) is 6.25. The summed E-state index contributed by atoms with van der Waals surface area (Å²) in [6.07, 6.45) is 3.00. The predicted molar refractivity (Wildman–Crippen MR) is 113 cm³/mol. The van der Waals surface area contributed by atoms with Crippen LogP contribution in [0.25, 0.3) is 10.9 Å². The Morgan fingerprint density at radius 1 is 1.22 bits per heavy atom. The molecule has 2 aromatic carbocycles. The largest absolute Gasteiger partial charge is 0.423 e. The number of fused-ring (bicyclic) bond motifs is 2. The molecule has 1 atom stereocenters. The molecule has 0 bridgehead atoms. The van der Waals surface area contributed by atoms with Crippen molar-refractivity contribution >= 4 is 48.7 Å². The standard InChI is InChI=1S/C21H18Br2N2O2/c1-25-10-8-13-5-2-3-6-14(13)18(25)12-19(26)27-21-17(23)11-16(22)15-7-4-9-24-20(15)21/h2-7,9,11,18H,8,10,12H2,1H3. The molecule has 0 radical (unpaired) electrons. The zero-order valence-corrected chi connectivity index (χ0v) is 18.0. The van der Waals surface area contributed by atoms with Gasteiger partial charge in [0.05, 0.1) is 10.9 Å². The van der Waals surface area contributed by atoms with Crippen LogP contribution in [0.2, 0.25) is 0 Å². The zero-order valence-electron chi connectivity index (χ0n) is 14.8. The summed E-state index contributed by atoms with van der Waals surface area (Å²) >= 11 is 7.04. The van der Waals surface area contributed by atoms with Crippen LogP contribution >= 0.6 is 31.9 Å². The van der Waals surface area contributed by atoms with E-state index in [-0.39, 0.29) is 12.0 Å². The minimum Gasteiger partial charge on any atom is -0.423 e. The van der Waals surface area contributed by atoms with Crippen LogP contribution in [0.3, 0.4) is 0 Å². The normalized spacial score (nSPS) is 16.9. The topological polar surface area (TPSA) is 42.4 Å². The van der Waals surface area contributed by atoms with Gasteiger partial charge >= 0.3 is 5.97 Å². The lowest BCUT2D eigenvalue weighted by Crippen LogP contribution is -2.34. The van der Waals surface area contributed by atoms with E-state index in [1.54, 1.807) is 6.20 Å². The van der Waals surface area contributed by atoms with Crippen molar-refractivity contribution in [3.63, 3.8) is 0 Å². The van der Waals surface area contributed by atoms with Gasteiger partial charge in [-0.05, 0) is 52.7 Å². The number of rotatable bonds is 3. The molecule has 0 N–H and O–H groups in total. The Morgan fingerprint density at radius 3 is 2.89 bits per heavy atom. The van der Waals surface area contributed by atoms with Gasteiger partial charge in [0.1, 0.15) is 5.52 Å². The Bertz CT molecular complexity index is 1020. The maximum Gasteiger partial charge on any atom is 0.313 e. The lowest BCUT2D eigenvalue weighted by Gasteiger charge is -2.34. The van der Waals surface area contributed by atoms with Crippen LogP contribution in [-0.4, -0.2) is 29.4 Å². The summed E-state index contributed by atoms with van der Waals surface area (Å²) < 4.78 is 7.39. The highest BCUT2D eigenvalue weighted by atomic mass is 79.9. The highest BCUT2D eigenvalue weighted by Crippen LogP contribution is 2.38. The Hall–Kier alpha value is -1.76. The van der Waals surface area contributed by atoms with Gasteiger partial charge in [0, 0.05) is 28.6 Å². The molecule has 0 saturated carbocycles. The number of aromatic nitrogens is 1. The van der Waals surface area contributed by atoms with Crippen molar-refractivity contribution in [3.8, 4) is 5.75 Å². The fourth-order valence-corrected chi connectivity index (χ4v) is 4.95. The molecule has 0 spiro atoms. The smallest absolute Gasteiger partial charge is 0.313 e. The summed E-state index contributed by atoms with van der Waals surface area (Å²) in [5, 5.41) is 0.906. The quantitative estimate of drug-likeness (QED) is 0.370. The Labute approximate surface area is 174 Å². The molecule has 4 nitrogen and oxygen atoms in total. The molecule has 0 fully saturated rings. The SMILES string of the molecule is CN1CCc2ccccc2C1CC(=O)Oc1c(Br)cc(Br)c2cccnc12. The Kier molecular flexibility index (Phi) is 5.30. The molecule has 138 valence electrons. The minimum atomic E-state index is -0.265. The van der Waals surface area contributed by atoms with E-state index in [0.29, 0.717) is 22.2 Å². The summed E-state index contributed by atoms with van der Waals surface area (Å²) in [4.78, 5) is 19.4. The number of carbonyl (C=O) groups excluding carboxylic acids is 1. The molecule has 4 rings (SSSR count). The van der Waals surface area contributed by atoms with Gasteiger partial charge in [-0.2, -0.15) is 0 Å². The monoisotopic (exact) mass is 488 g/mol. The summed E-state index contributed by atoms with van der Waals surface area (Å²) in [5.74, 6) is 0.198. The average molecular weight is 490 g/mol. The fourth-order valence-electron chi connectivity index (χ4n) is 3.60. The third kappa shape index (κ3) is 3.66. The molecular weight excluding hydrogens is 472 g/mol. The van der Waals surface area contributed by atoms with E-state index in [4.69, 9.17) is 4.74 Å². The average Bonchev–Trinajstić information content (AvgIpc) is 2.67. The van der Waals surface area contributed by atoms with Crippen LogP contribution in [0.4, 0.5) is 0 Å². The first-order valence-electron chi connectivity index (χ1n) is 8.76. The number of benzene rings is 2. The molecule has 0 amide bonds. The summed E-state index contributed by atoms with van der Waals surface area (Å²) in [5.41, 5.74) is 3.18. The molecule has 6 heteroatoms. The fraction of sp³-hybridized carbons (Fsp3) is 0.238. The second-order valence-electron chi connectivity index (χ2n) is 6.69. The number of likely N-dealkylation sites (N-methyl/N-ethyl adjacent to an activating group) is 1. The maximum atomic E-state index is 12.8. The molecule has 0 aliphatic carbocycles. The van der Waals surface area contributed by atoms with Crippen LogP contribution in [-0.2, 0) is 11.2 Å². The van der Waals surface area contributed by atoms with Gasteiger partial charge in [-0.15, -0.1) is 0 Å². The number of ether oxygens (including phenoxy) is 1. The van der Waals surface area contributed by atoms with E-state index < -0.39 is 0 Å². The van der Waals surface area contributed by atoms with Gasteiger partial charge < -0.3 is 4.74 Å². The van der Waals surface area contributed by atoms with E-state index in [2.05, 4.69) is 67.0 Å². The third-order valence-electron chi connectivity index (χ3n) is 5.01. The lowest BCUT2D eigenvalue weighted by atomic mass is 9.91. The highest BCUT2D eigenvalue weighted by Gasteiger charge is 2.28. The van der Waals surface area contributed by atoms with E-state index in [1.165, 1.54) is 11.1 Å². The van der Waals surface area contributed by atoms with Crippen LogP contribution < -0.4 is 4.74 Å². The Morgan fingerprint density at radius 2 is 2.04 bits per heavy atom. The van der Waals surface area contributed by atoms with Gasteiger partial charge in [0.25, 0.3) is 0 Å². The second-order valence-corrected chi connectivity index (χ2v) is 8.40. The number of hydrogen-bond acceptors (Lipinski definition) is 4. The van der Waals surface area contributed by atoms with Crippen molar-refractivity contribution in [3.05, 3.63) is 68.7 Å². The van der Waals surface area contributed by atoms with Gasteiger partial charge in [0.15, 0.2) is 5.75 Å². The van der Waals surface area contributed by atoms with Crippen LogP contribution in [0.15, 0.2) is 57.6 Å². The number of hydrogen-bond donors (Lipinski definition) is 0. The molecule has 27 heavy (non-hydrogen) atoms. The first kappa shape index (κ1) is 18.6. The van der Waals surface area contributed by atoms with E-state index in [1.807, 2.05) is 24.3 Å². The molecule has 2 heterocycles. The van der Waals surface area contributed by atoms with E-state index in [0.717, 1.165) is 22.8 Å². The van der Waals surface area contributed by atoms with Crippen LogP contribution in [0.1, 0.15) is 23.6 Å². The molecular formula is C21H18Br2N2O2. The zero-order chi connectivity index (χ0) is 19.0. The van der Waals surface area contributed by atoms with Gasteiger partial charge in [-0.1, -0.05) is 46.3 Å². The number of pyridine rings is 1. The van der Waals surface area contributed by atoms with Crippen molar-refractivity contribution < 1.29 is 9.53 Å². The van der Waals surface area contributed by atoms with Gasteiger partial charge in [-0.3, -0.25) is 14.7 Å². The molecule has 1 aliphatic heterocycles. The summed E-state index contributed by atoms with van der Waals surface area (Å²) in [6, 6.07) is 14.0. The predicted octanol–water partition coefficient (Wildman–Crippen LogP) is 5.28. The van der Waals surface area contributed by atoms with E-state index in [9.17, 15) is 4.79 Å². The van der Waals surface area contributed by atoms with Crippen LogP contribution in [0.5, 0.6) is 5.75 Å². The maximum absolute atomic E-state index is 12.8. The molecule has 1 aliphatic rings. The van der Waals surface area contributed by atoms with Crippen LogP contribution in [0, 0.1) is 0 Å². The van der Waals surface area contributed by atoms with Gasteiger partial charge in [-0.25, -0.2) is 0 Å². The number of nitrogens with zero attached hydrogens (tertiary/aromatic N) is 2. The Balaban J connectivity index is 1.62. The number of esters is 1. The molecule has 3 aromatic rings. The van der Waals surface area contributed by atoms with Crippen molar-refractivity contribution in [2.75, 3.05) is 13.6 Å². The summed E-state index contributed by atoms with van der Waals surface area (Å²) in [7, 11) is 2.06. The van der Waals surface area contributed by atoms with Crippen molar-refractivity contribution in [1.82, 2.24) is 9.88 Å². The minimum absolute atomic E-state index is 0.0240. The van der Waals surface area contributed by atoms with Crippen molar-refractivity contribution in [2.45, 2.75) is 18.9 Å². The lowest BCUT2D eigenvalue weighted by molar-refractivity contribution is -0.135. The molecule has 1 unspecified atom stereocenters. The number of carbonyl (C=O) groups is 1. The highest BCUT2D eigenvalue weighted by molar-refractivity contribution is 9.11. The molecule has 1 aromatic heterocycles. The first-order valence-corrected chi connectivity index (χ1v) is 10.3.